The summed E-state index contributed by atoms with van der Waals surface area (Å²) in [5.74, 6) is 7.74. The lowest BCUT2D eigenvalue weighted by atomic mass is 9.80. The fourth-order valence-electron chi connectivity index (χ4n) is 5.40. The number of benzene rings is 2. The van der Waals surface area contributed by atoms with Gasteiger partial charge < -0.3 is 5.73 Å². The third-order valence-corrected chi connectivity index (χ3v) is 7.36. The van der Waals surface area contributed by atoms with Crippen LogP contribution < -0.4 is 11.6 Å². The number of aromatic nitrogens is 1. The van der Waals surface area contributed by atoms with Crippen molar-refractivity contribution in [1.29, 1.82) is 0 Å². The van der Waals surface area contributed by atoms with Gasteiger partial charge >= 0.3 is 0 Å². The van der Waals surface area contributed by atoms with Crippen LogP contribution in [0.1, 0.15) is 31.2 Å². The molecule has 1 amide bonds. The van der Waals surface area contributed by atoms with Gasteiger partial charge in [-0.1, -0.05) is 48.5 Å². The number of hydrogen-bond donors (Lipinski definition) is 2. The van der Waals surface area contributed by atoms with Crippen molar-refractivity contribution in [3.63, 3.8) is 0 Å². The summed E-state index contributed by atoms with van der Waals surface area (Å²) in [5.41, 5.74) is 11.1. The molecule has 2 aromatic carbocycles. The Morgan fingerprint density at radius 3 is 2.49 bits per heavy atom. The third kappa shape index (κ3) is 3.69. The SMILES string of the molecule is NC(=O)[C@H]1CC[C@H](C2=NC(c3ccc4ccc(-c5ccccc5)nc4c3)=C3C=NC=C[N+]32N)CC1. The maximum absolute atomic E-state index is 11.7. The second-order valence-corrected chi connectivity index (χ2v) is 9.48. The number of quaternary nitrogens is 1. The molecule has 3 aliphatic rings. The molecule has 7 heteroatoms. The number of carbonyl (C=O) groups is 1. The largest absolute Gasteiger partial charge is 0.369 e. The molecule has 4 N–H and O–H groups in total. The molecule has 0 radical (unpaired) electrons. The molecule has 1 fully saturated rings. The fraction of sp³-hybridized carbons (Fsp3) is 0.214. The molecule has 1 aliphatic carbocycles. The van der Waals surface area contributed by atoms with E-state index < -0.39 is 0 Å². The monoisotopic (exact) mass is 463 g/mol. The number of nitrogens with zero attached hydrogens (tertiary/aromatic N) is 4. The highest BCUT2D eigenvalue weighted by atomic mass is 16.1. The molecule has 0 saturated heterocycles. The van der Waals surface area contributed by atoms with Crippen LogP contribution in [-0.2, 0) is 4.79 Å². The van der Waals surface area contributed by atoms with Gasteiger partial charge in [0, 0.05) is 22.4 Å². The predicted octanol–water partition coefficient (Wildman–Crippen LogP) is 4.52. The Morgan fingerprint density at radius 1 is 0.943 bits per heavy atom. The van der Waals surface area contributed by atoms with Crippen molar-refractivity contribution >= 4 is 34.6 Å². The first-order valence-electron chi connectivity index (χ1n) is 12.0. The Labute approximate surface area is 203 Å². The van der Waals surface area contributed by atoms with E-state index in [2.05, 4.69) is 41.4 Å². The van der Waals surface area contributed by atoms with Gasteiger partial charge in [-0.25, -0.2) is 4.98 Å². The average Bonchev–Trinajstić information content (AvgIpc) is 3.21. The maximum atomic E-state index is 11.7. The van der Waals surface area contributed by atoms with E-state index >= 15 is 0 Å². The second-order valence-electron chi connectivity index (χ2n) is 9.48. The number of pyridine rings is 1. The summed E-state index contributed by atoms with van der Waals surface area (Å²) in [4.78, 5) is 26.1. The average molecular weight is 464 g/mol. The van der Waals surface area contributed by atoms with Gasteiger partial charge in [0.1, 0.15) is 11.9 Å². The van der Waals surface area contributed by atoms with Crippen LogP contribution in [0.4, 0.5) is 0 Å². The summed E-state index contributed by atoms with van der Waals surface area (Å²) in [5, 5.41) is 1.07. The van der Waals surface area contributed by atoms with Crippen LogP contribution in [0.5, 0.6) is 0 Å². The van der Waals surface area contributed by atoms with Crippen LogP contribution in [0.2, 0.25) is 0 Å². The molecule has 1 saturated carbocycles. The van der Waals surface area contributed by atoms with E-state index in [1.807, 2.05) is 30.5 Å². The minimum Gasteiger partial charge on any atom is -0.369 e. The molecule has 1 atom stereocenters. The molecule has 2 aliphatic heterocycles. The van der Waals surface area contributed by atoms with Crippen LogP contribution in [0.15, 0.2) is 88.7 Å². The highest BCUT2D eigenvalue weighted by Gasteiger charge is 2.47. The maximum Gasteiger partial charge on any atom is 0.236 e. The molecule has 3 aromatic rings. The van der Waals surface area contributed by atoms with Crippen molar-refractivity contribution in [2.45, 2.75) is 25.7 Å². The number of primary amides is 1. The van der Waals surface area contributed by atoms with Crippen molar-refractivity contribution in [2.75, 3.05) is 0 Å². The van der Waals surface area contributed by atoms with Crippen LogP contribution in [-0.4, -0.2) is 27.5 Å². The van der Waals surface area contributed by atoms with E-state index in [4.69, 9.17) is 21.6 Å². The molecule has 0 bridgehead atoms. The van der Waals surface area contributed by atoms with E-state index in [-0.39, 0.29) is 22.3 Å². The Hall–Kier alpha value is -3.94. The van der Waals surface area contributed by atoms with Gasteiger partial charge in [-0.2, -0.15) is 10.8 Å². The van der Waals surface area contributed by atoms with Gasteiger partial charge in [0.25, 0.3) is 0 Å². The predicted molar refractivity (Wildman–Crippen MR) is 138 cm³/mol. The molecule has 6 rings (SSSR count). The molecule has 174 valence electrons. The lowest BCUT2D eigenvalue weighted by molar-refractivity contribution is -0.754. The van der Waals surface area contributed by atoms with E-state index in [0.717, 1.165) is 70.6 Å². The zero-order valence-electron chi connectivity index (χ0n) is 19.3. The van der Waals surface area contributed by atoms with Crippen LogP contribution in [0.3, 0.4) is 0 Å². The molecule has 7 nitrogen and oxygen atoms in total. The van der Waals surface area contributed by atoms with Gasteiger partial charge in [0.15, 0.2) is 0 Å². The summed E-state index contributed by atoms with van der Waals surface area (Å²) in [7, 11) is 0. The third-order valence-electron chi connectivity index (χ3n) is 7.36. The normalized spacial score (nSPS) is 25.6. The number of aliphatic imine (C=N–C) groups is 2. The Morgan fingerprint density at radius 2 is 1.71 bits per heavy atom. The molecule has 3 heterocycles. The first-order valence-corrected chi connectivity index (χ1v) is 12.0. The van der Waals surface area contributed by atoms with Gasteiger partial charge in [-0.15, -0.1) is 4.59 Å². The summed E-state index contributed by atoms with van der Waals surface area (Å²) in [6.07, 6.45) is 8.63. The topological polar surface area (TPSA) is 107 Å². The van der Waals surface area contributed by atoms with Gasteiger partial charge in [-0.05, 0) is 37.8 Å². The van der Waals surface area contributed by atoms with Gasteiger partial charge in [-0.3, -0.25) is 9.79 Å². The first kappa shape index (κ1) is 21.6. The van der Waals surface area contributed by atoms with E-state index in [0.29, 0.717) is 0 Å². The molecule has 1 aromatic heterocycles. The summed E-state index contributed by atoms with van der Waals surface area (Å²) >= 11 is 0. The molecular weight excluding hydrogens is 436 g/mol. The fourth-order valence-corrected chi connectivity index (χ4v) is 5.40. The smallest absolute Gasteiger partial charge is 0.236 e. The first-order chi connectivity index (χ1) is 17.0. The summed E-state index contributed by atoms with van der Waals surface area (Å²) in [6.45, 7) is 0. The number of fused-ring (bicyclic) bond motifs is 2. The summed E-state index contributed by atoms with van der Waals surface area (Å²) in [6, 6.07) is 20.5. The number of amidine groups is 1. The van der Waals surface area contributed by atoms with Crippen LogP contribution >= 0.6 is 0 Å². The highest BCUT2D eigenvalue weighted by molar-refractivity contribution is 6.01. The number of carbonyl (C=O) groups excluding carboxylic acids is 1. The number of nitrogens with two attached hydrogens (primary N) is 2. The lowest BCUT2D eigenvalue weighted by Gasteiger charge is -2.33. The van der Waals surface area contributed by atoms with E-state index in [1.54, 1.807) is 12.4 Å². The molecule has 35 heavy (non-hydrogen) atoms. The Kier molecular flexibility index (Phi) is 5.16. The lowest BCUT2D eigenvalue weighted by Crippen LogP contribution is -2.55. The minimum atomic E-state index is -0.212. The van der Waals surface area contributed by atoms with Crippen molar-refractivity contribution in [2.24, 2.45) is 33.4 Å². The van der Waals surface area contributed by atoms with Gasteiger partial charge in [0.2, 0.25) is 17.4 Å². The minimum absolute atomic E-state index is 0.0280. The van der Waals surface area contributed by atoms with Crippen molar-refractivity contribution < 1.29 is 9.39 Å². The number of hydrogen-bond acceptors (Lipinski definition) is 5. The van der Waals surface area contributed by atoms with Crippen molar-refractivity contribution in [3.8, 4) is 11.3 Å². The van der Waals surface area contributed by atoms with Crippen molar-refractivity contribution in [1.82, 2.24) is 4.98 Å². The van der Waals surface area contributed by atoms with E-state index in [1.165, 1.54) is 0 Å². The quantitative estimate of drug-likeness (QED) is 0.439. The number of rotatable bonds is 4. The second kappa shape index (κ2) is 8.37. The zero-order chi connectivity index (χ0) is 24.0. The van der Waals surface area contributed by atoms with Crippen LogP contribution in [0, 0.1) is 11.8 Å². The molecule has 1 unspecified atom stereocenters. The number of amides is 1. The molecule has 0 spiro atoms. The summed E-state index contributed by atoms with van der Waals surface area (Å²) < 4.78 is 0.0280. The van der Waals surface area contributed by atoms with E-state index in [9.17, 15) is 4.79 Å². The van der Waals surface area contributed by atoms with Crippen LogP contribution in [0.25, 0.3) is 27.9 Å². The zero-order valence-corrected chi connectivity index (χ0v) is 19.3. The standard InChI is InChI=1S/C28H26N6O/c29-27(35)20-7-9-21(10-8-20)28-33-26(25-17-31-14-15-34(25,28)30)22-11-6-19-12-13-23(32-24(19)16-22)18-4-2-1-3-5-18/h1-6,11-17,20-21H,7-10,30H2,(H-,29,35)/p+1/t20-,21-,34?. The molecular formula is C28H27N6O+. The number of allylic oxidation sites excluding steroid dienone is 1. The Balaban J connectivity index is 1.40. The Bertz CT molecular complexity index is 1450. The van der Waals surface area contributed by atoms with Gasteiger partial charge in [0.05, 0.1) is 29.5 Å². The highest BCUT2D eigenvalue weighted by Crippen LogP contribution is 2.41. The van der Waals surface area contributed by atoms with Crippen molar-refractivity contribution in [3.05, 3.63) is 84.3 Å².